The molecule has 0 bridgehead atoms. The lowest BCUT2D eigenvalue weighted by molar-refractivity contribution is -0.172. The smallest absolute Gasteiger partial charge is 0.324 e. The molecule has 0 saturated carbocycles. The second-order valence-electron chi connectivity index (χ2n) is 3.17. The highest BCUT2D eigenvalue weighted by atomic mass is 16.5. The molecule has 0 amide bonds. The van der Waals surface area contributed by atoms with E-state index in [1.807, 2.05) is 0 Å². The summed E-state index contributed by atoms with van der Waals surface area (Å²) in [4.78, 5) is 33.2. The zero-order chi connectivity index (χ0) is 12.8. The minimum absolute atomic E-state index is 0.00930. The third-order valence-electron chi connectivity index (χ3n) is 2.02. The molecule has 0 aromatic carbocycles. The summed E-state index contributed by atoms with van der Waals surface area (Å²) in [6.07, 6.45) is 0.0780. The summed E-state index contributed by atoms with van der Waals surface area (Å²) in [5.74, 6) is -3.95. The highest BCUT2D eigenvalue weighted by Gasteiger charge is 2.48. The molecule has 1 atom stereocenters. The molecule has 0 aromatic heterocycles. The maximum Gasteiger partial charge on any atom is 0.324 e. The largest absolute Gasteiger partial charge is 0.481 e. The average Bonchev–Trinajstić information content (AvgIpc) is 2.16. The Morgan fingerprint density at radius 1 is 1.38 bits per heavy atom. The summed E-state index contributed by atoms with van der Waals surface area (Å²) in [6, 6.07) is 0. The van der Waals surface area contributed by atoms with E-state index in [2.05, 4.69) is 11.3 Å². The SMILES string of the molecule is C=CCC(CC(=O)O)(C(=O)O)C(=O)OCC. The second kappa shape index (κ2) is 5.89. The van der Waals surface area contributed by atoms with Crippen LogP contribution in [-0.2, 0) is 19.1 Å². The van der Waals surface area contributed by atoms with Crippen LogP contribution >= 0.6 is 0 Å². The molecule has 0 radical (unpaired) electrons. The molecule has 0 fully saturated rings. The van der Waals surface area contributed by atoms with Crippen LogP contribution in [0.1, 0.15) is 19.8 Å². The van der Waals surface area contributed by atoms with Gasteiger partial charge in [0.2, 0.25) is 0 Å². The van der Waals surface area contributed by atoms with Crippen molar-refractivity contribution in [2.75, 3.05) is 6.61 Å². The van der Waals surface area contributed by atoms with E-state index in [1.165, 1.54) is 13.0 Å². The first-order valence-corrected chi connectivity index (χ1v) is 4.64. The Bertz CT molecular complexity index is 308. The van der Waals surface area contributed by atoms with E-state index in [1.54, 1.807) is 0 Å². The monoisotopic (exact) mass is 230 g/mol. The van der Waals surface area contributed by atoms with Crippen LogP contribution in [0.5, 0.6) is 0 Å². The van der Waals surface area contributed by atoms with E-state index in [0.29, 0.717) is 0 Å². The molecule has 6 nitrogen and oxygen atoms in total. The van der Waals surface area contributed by atoms with Gasteiger partial charge >= 0.3 is 17.9 Å². The lowest BCUT2D eigenvalue weighted by Crippen LogP contribution is -2.42. The minimum Gasteiger partial charge on any atom is -0.481 e. The Balaban J connectivity index is 5.23. The predicted molar refractivity (Wildman–Crippen MR) is 53.8 cm³/mol. The summed E-state index contributed by atoms with van der Waals surface area (Å²) < 4.78 is 4.59. The molecule has 2 N–H and O–H groups in total. The first-order valence-electron chi connectivity index (χ1n) is 4.64. The number of aliphatic carboxylic acids is 2. The lowest BCUT2D eigenvalue weighted by Gasteiger charge is -2.23. The van der Waals surface area contributed by atoms with Crippen molar-refractivity contribution in [2.24, 2.45) is 5.41 Å². The van der Waals surface area contributed by atoms with E-state index < -0.39 is 29.7 Å². The number of esters is 1. The molecule has 0 aliphatic carbocycles. The van der Waals surface area contributed by atoms with E-state index in [4.69, 9.17) is 10.2 Å². The van der Waals surface area contributed by atoms with Crippen molar-refractivity contribution in [3.05, 3.63) is 12.7 Å². The topological polar surface area (TPSA) is 101 Å². The molecule has 0 aromatic rings. The number of carboxylic acids is 2. The first kappa shape index (κ1) is 14.2. The summed E-state index contributed by atoms with van der Waals surface area (Å²) in [6.45, 7) is 4.82. The van der Waals surface area contributed by atoms with Crippen molar-refractivity contribution in [3.63, 3.8) is 0 Å². The molecule has 0 spiro atoms. The second-order valence-corrected chi connectivity index (χ2v) is 3.17. The van der Waals surface area contributed by atoms with Crippen LogP contribution in [0.3, 0.4) is 0 Å². The zero-order valence-corrected chi connectivity index (χ0v) is 8.93. The zero-order valence-electron chi connectivity index (χ0n) is 8.93. The van der Waals surface area contributed by atoms with Gasteiger partial charge in [-0.3, -0.25) is 14.4 Å². The summed E-state index contributed by atoms with van der Waals surface area (Å²) in [7, 11) is 0. The van der Waals surface area contributed by atoms with Gasteiger partial charge in [0.15, 0.2) is 5.41 Å². The van der Waals surface area contributed by atoms with Crippen LogP contribution in [0.25, 0.3) is 0 Å². The molecular formula is C10H14O6. The van der Waals surface area contributed by atoms with Crippen LogP contribution < -0.4 is 0 Å². The van der Waals surface area contributed by atoms with E-state index >= 15 is 0 Å². The minimum atomic E-state index is -2.08. The maximum atomic E-state index is 11.5. The summed E-state index contributed by atoms with van der Waals surface area (Å²) in [5.41, 5.74) is -2.08. The number of ether oxygens (including phenoxy) is 1. The Morgan fingerprint density at radius 2 is 1.94 bits per heavy atom. The Morgan fingerprint density at radius 3 is 2.25 bits per heavy atom. The average molecular weight is 230 g/mol. The van der Waals surface area contributed by atoms with Gasteiger partial charge in [0.25, 0.3) is 0 Å². The molecule has 6 heteroatoms. The standard InChI is InChI=1S/C10H14O6/c1-3-5-10(8(13)14,6-7(11)12)9(15)16-4-2/h3H,1,4-6H2,2H3,(H,11,12)(H,13,14). The van der Waals surface area contributed by atoms with E-state index in [-0.39, 0.29) is 13.0 Å². The van der Waals surface area contributed by atoms with Crippen molar-refractivity contribution in [1.82, 2.24) is 0 Å². The molecule has 90 valence electrons. The number of hydrogen-bond donors (Lipinski definition) is 2. The first-order chi connectivity index (χ1) is 7.40. The van der Waals surface area contributed by atoms with Crippen molar-refractivity contribution in [1.29, 1.82) is 0 Å². The molecule has 0 rings (SSSR count). The quantitative estimate of drug-likeness (QED) is 0.378. The Labute approximate surface area is 92.5 Å². The summed E-state index contributed by atoms with van der Waals surface area (Å²) >= 11 is 0. The van der Waals surface area contributed by atoms with Gasteiger partial charge in [-0.05, 0) is 13.3 Å². The van der Waals surface area contributed by atoms with Gasteiger partial charge in [-0.2, -0.15) is 0 Å². The van der Waals surface area contributed by atoms with Crippen molar-refractivity contribution in [3.8, 4) is 0 Å². The van der Waals surface area contributed by atoms with Crippen LogP contribution in [0, 0.1) is 5.41 Å². The van der Waals surface area contributed by atoms with Crippen LogP contribution in [-0.4, -0.2) is 34.7 Å². The molecular weight excluding hydrogens is 216 g/mol. The third kappa shape index (κ3) is 3.08. The molecule has 0 aliphatic heterocycles. The van der Waals surface area contributed by atoms with Crippen LogP contribution in [0.2, 0.25) is 0 Å². The number of rotatable bonds is 7. The molecule has 0 aliphatic rings. The van der Waals surface area contributed by atoms with E-state index in [9.17, 15) is 14.4 Å². The van der Waals surface area contributed by atoms with Gasteiger partial charge in [0, 0.05) is 0 Å². The highest BCUT2D eigenvalue weighted by Crippen LogP contribution is 2.29. The van der Waals surface area contributed by atoms with Gasteiger partial charge in [0.1, 0.15) is 0 Å². The Kier molecular flexibility index (Phi) is 5.21. The fraction of sp³-hybridized carbons (Fsp3) is 0.500. The van der Waals surface area contributed by atoms with Gasteiger partial charge in [-0.15, -0.1) is 6.58 Å². The van der Waals surface area contributed by atoms with Gasteiger partial charge < -0.3 is 14.9 Å². The predicted octanol–water partition coefficient (Wildman–Crippen LogP) is 0.671. The highest BCUT2D eigenvalue weighted by molar-refractivity contribution is 6.02. The lowest BCUT2D eigenvalue weighted by atomic mass is 9.81. The van der Waals surface area contributed by atoms with E-state index in [0.717, 1.165) is 0 Å². The van der Waals surface area contributed by atoms with Gasteiger partial charge in [0.05, 0.1) is 13.0 Å². The normalized spacial score (nSPS) is 13.6. The van der Waals surface area contributed by atoms with Crippen molar-refractivity contribution < 1.29 is 29.3 Å². The number of hydrogen-bond acceptors (Lipinski definition) is 4. The number of allylic oxidation sites excluding steroid dienone is 1. The summed E-state index contributed by atoms with van der Waals surface area (Å²) in [5, 5.41) is 17.6. The van der Waals surface area contributed by atoms with Gasteiger partial charge in [-0.25, -0.2) is 0 Å². The van der Waals surface area contributed by atoms with Crippen LogP contribution in [0.4, 0.5) is 0 Å². The van der Waals surface area contributed by atoms with Crippen molar-refractivity contribution in [2.45, 2.75) is 19.8 Å². The molecule has 1 unspecified atom stereocenters. The fourth-order valence-corrected chi connectivity index (χ4v) is 1.25. The Hall–Kier alpha value is -1.85. The van der Waals surface area contributed by atoms with Crippen LogP contribution in [0.15, 0.2) is 12.7 Å². The number of carboxylic acid groups (broad SMARTS) is 2. The maximum absolute atomic E-state index is 11.5. The number of carbonyl (C=O) groups is 3. The molecule has 16 heavy (non-hydrogen) atoms. The fourth-order valence-electron chi connectivity index (χ4n) is 1.25. The molecule has 0 heterocycles. The third-order valence-corrected chi connectivity index (χ3v) is 2.02. The number of carbonyl (C=O) groups excluding carboxylic acids is 1. The van der Waals surface area contributed by atoms with Gasteiger partial charge in [-0.1, -0.05) is 6.08 Å². The molecule has 0 saturated heterocycles. The van der Waals surface area contributed by atoms with Crippen molar-refractivity contribution >= 4 is 17.9 Å².